The molecule has 0 fully saturated rings. The number of amides is 1. The van der Waals surface area contributed by atoms with Crippen LogP contribution in [-0.2, 0) is 0 Å². The number of thiocarbonyl (C=S) groups is 1. The van der Waals surface area contributed by atoms with E-state index in [4.69, 9.17) is 51.8 Å². The Morgan fingerprint density at radius 1 is 1.15 bits per heavy atom. The first kappa shape index (κ1) is 21.4. The number of phenols is 1. The Morgan fingerprint density at radius 2 is 1.81 bits per heavy atom. The Morgan fingerprint density at radius 3 is 2.37 bits per heavy atom. The van der Waals surface area contributed by atoms with Gasteiger partial charge in [-0.1, -0.05) is 40.9 Å². The number of phenolic OH excluding ortho intramolecular Hbond substituents is 1. The summed E-state index contributed by atoms with van der Waals surface area (Å²) < 4.78 is 3.17. The fourth-order valence-corrected chi connectivity index (χ4v) is 2.60. The number of carbonyl (C=O) groups is 1. The van der Waals surface area contributed by atoms with E-state index < -0.39 is 15.9 Å². The Labute approximate surface area is 176 Å². The number of anilines is 1. The van der Waals surface area contributed by atoms with E-state index in [0.717, 1.165) is 0 Å². The van der Waals surface area contributed by atoms with Gasteiger partial charge in [0.2, 0.25) is 3.79 Å². The fourth-order valence-electron chi connectivity index (χ4n) is 2.04. The Bertz CT molecular complexity index is 813. The van der Waals surface area contributed by atoms with Gasteiger partial charge in [-0.3, -0.25) is 4.79 Å². The third-order valence-corrected chi connectivity index (χ3v) is 4.21. The predicted molar refractivity (Wildman–Crippen MR) is 112 cm³/mol. The minimum Gasteiger partial charge on any atom is -0.508 e. The van der Waals surface area contributed by atoms with Gasteiger partial charge in [0.15, 0.2) is 5.11 Å². The van der Waals surface area contributed by atoms with Crippen molar-refractivity contribution in [3.8, 4) is 11.5 Å². The number of aromatic hydroxyl groups is 1. The molecule has 0 aliphatic heterocycles. The van der Waals surface area contributed by atoms with E-state index in [9.17, 15) is 9.90 Å². The predicted octanol–water partition coefficient (Wildman–Crippen LogP) is 3.81. The molecule has 4 N–H and O–H groups in total. The van der Waals surface area contributed by atoms with E-state index in [1.807, 2.05) is 0 Å². The zero-order valence-corrected chi connectivity index (χ0v) is 17.1. The Kier molecular flexibility index (Phi) is 7.38. The minimum absolute atomic E-state index is 0.0635. The van der Waals surface area contributed by atoms with Crippen LogP contribution < -0.4 is 20.7 Å². The molecule has 27 heavy (non-hydrogen) atoms. The largest absolute Gasteiger partial charge is 0.508 e. The summed E-state index contributed by atoms with van der Waals surface area (Å²) >= 11 is 23.0. The Balaban J connectivity index is 2.06. The number of methoxy groups -OCH3 is 1. The molecule has 0 bridgehead atoms. The first-order valence-electron chi connectivity index (χ1n) is 7.57. The molecule has 144 valence electrons. The smallest absolute Gasteiger partial charge is 0.252 e. The molecule has 1 amide bonds. The normalized spacial score (nSPS) is 12.0. The van der Waals surface area contributed by atoms with Crippen LogP contribution in [0, 0.1) is 0 Å². The molecule has 1 atom stereocenters. The van der Waals surface area contributed by atoms with Gasteiger partial charge in [0.05, 0.1) is 7.11 Å². The number of ether oxygens (including phenoxy) is 1. The number of hydrogen-bond donors (Lipinski definition) is 4. The standard InChI is InChI=1S/C17H16Cl3N3O3S/c1-26-13-7-5-10(6-8-13)14(25)22-15(17(18,19)20)23-16(27)21-11-3-2-4-12(24)9-11/h2-9,15,24H,1H3,(H,22,25)(H2,21,23,27)/t15-/m1/s1. The number of nitrogens with one attached hydrogen (secondary N) is 3. The summed E-state index contributed by atoms with van der Waals surface area (Å²) in [4.78, 5) is 12.4. The summed E-state index contributed by atoms with van der Waals surface area (Å²) in [5.74, 6) is 0.203. The molecule has 0 aliphatic carbocycles. The number of benzene rings is 2. The maximum absolute atomic E-state index is 12.4. The van der Waals surface area contributed by atoms with Crippen molar-refractivity contribution >= 4 is 63.7 Å². The molecule has 0 heterocycles. The number of hydrogen-bond acceptors (Lipinski definition) is 4. The van der Waals surface area contributed by atoms with Crippen LogP contribution in [0.4, 0.5) is 5.69 Å². The average Bonchev–Trinajstić information content (AvgIpc) is 2.60. The van der Waals surface area contributed by atoms with Crippen molar-refractivity contribution in [2.24, 2.45) is 0 Å². The molecule has 2 rings (SSSR count). The van der Waals surface area contributed by atoms with Gasteiger partial charge in [-0.25, -0.2) is 0 Å². The first-order chi connectivity index (χ1) is 12.7. The van der Waals surface area contributed by atoms with Crippen molar-refractivity contribution in [3.63, 3.8) is 0 Å². The summed E-state index contributed by atoms with van der Waals surface area (Å²) in [5, 5.41) is 17.7. The molecular formula is C17H16Cl3N3O3S. The van der Waals surface area contributed by atoms with E-state index in [0.29, 0.717) is 17.0 Å². The summed E-state index contributed by atoms with van der Waals surface area (Å²) in [6.07, 6.45) is -1.12. The van der Waals surface area contributed by atoms with E-state index >= 15 is 0 Å². The van der Waals surface area contributed by atoms with Crippen molar-refractivity contribution in [1.29, 1.82) is 0 Å². The molecule has 0 aromatic heterocycles. The average molecular weight is 449 g/mol. The molecule has 2 aromatic carbocycles. The van der Waals surface area contributed by atoms with Crippen molar-refractivity contribution in [1.82, 2.24) is 10.6 Å². The zero-order chi connectivity index (χ0) is 20.0. The van der Waals surface area contributed by atoms with Crippen LogP contribution in [0.5, 0.6) is 11.5 Å². The highest BCUT2D eigenvalue weighted by Gasteiger charge is 2.34. The van der Waals surface area contributed by atoms with E-state index in [-0.39, 0.29) is 10.9 Å². The van der Waals surface area contributed by atoms with Gasteiger partial charge >= 0.3 is 0 Å². The zero-order valence-electron chi connectivity index (χ0n) is 14.0. The van der Waals surface area contributed by atoms with Crippen LogP contribution in [0.1, 0.15) is 10.4 Å². The lowest BCUT2D eigenvalue weighted by atomic mass is 10.2. The van der Waals surface area contributed by atoms with Crippen LogP contribution >= 0.6 is 47.0 Å². The molecule has 2 aromatic rings. The molecule has 0 spiro atoms. The Hall–Kier alpha value is -1.93. The van der Waals surface area contributed by atoms with Crippen LogP contribution in [-0.4, -0.2) is 33.2 Å². The van der Waals surface area contributed by atoms with Crippen molar-refractivity contribution in [3.05, 3.63) is 54.1 Å². The maximum atomic E-state index is 12.4. The second-order valence-electron chi connectivity index (χ2n) is 5.33. The molecule has 0 aliphatic rings. The second kappa shape index (κ2) is 9.32. The van der Waals surface area contributed by atoms with Gasteiger partial charge in [-0.05, 0) is 48.6 Å². The van der Waals surface area contributed by atoms with Crippen LogP contribution in [0.3, 0.4) is 0 Å². The third-order valence-electron chi connectivity index (χ3n) is 3.33. The fraction of sp³-hybridized carbons (Fsp3) is 0.176. The van der Waals surface area contributed by atoms with Gasteiger partial charge in [-0.2, -0.15) is 0 Å². The van der Waals surface area contributed by atoms with Gasteiger partial charge in [0.25, 0.3) is 5.91 Å². The number of alkyl halides is 3. The molecular weight excluding hydrogens is 433 g/mol. The van der Waals surface area contributed by atoms with Crippen LogP contribution in [0.15, 0.2) is 48.5 Å². The topological polar surface area (TPSA) is 82.6 Å². The molecule has 10 heteroatoms. The summed E-state index contributed by atoms with van der Waals surface area (Å²) in [5.41, 5.74) is 0.876. The third kappa shape index (κ3) is 6.62. The summed E-state index contributed by atoms with van der Waals surface area (Å²) in [7, 11) is 1.53. The molecule has 0 saturated carbocycles. The van der Waals surface area contributed by atoms with Crippen molar-refractivity contribution in [2.75, 3.05) is 12.4 Å². The van der Waals surface area contributed by atoms with Gasteiger partial charge in [0.1, 0.15) is 17.7 Å². The minimum atomic E-state index is -1.88. The molecule has 0 unspecified atom stereocenters. The highest BCUT2D eigenvalue weighted by Crippen LogP contribution is 2.29. The maximum Gasteiger partial charge on any atom is 0.252 e. The van der Waals surface area contributed by atoms with Crippen LogP contribution in [0.2, 0.25) is 0 Å². The lowest BCUT2D eigenvalue weighted by Gasteiger charge is -2.27. The monoisotopic (exact) mass is 447 g/mol. The van der Waals surface area contributed by atoms with Crippen molar-refractivity contribution in [2.45, 2.75) is 9.96 Å². The van der Waals surface area contributed by atoms with Crippen molar-refractivity contribution < 1.29 is 14.6 Å². The lowest BCUT2D eigenvalue weighted by molar-refractivity contribution is 0.0934. The molecule has 0 radical (unpaired) electrons. The highest BCUT2D eigenvalue weighted by atomic mass is 35.6. The summed E-state index contributed by atoms with van der Waals surface area (Å²) in [6.45, 7) is 0. The van der Waals surface area contributed by atoms with Gasteiger partial charge in [-0.15, -0.1) is 0 Å². The van der Waals surface area contributed by atoms with E-state index in [1.165, 1.54) is 19.2 Å². The quantitative estimate of drug-likeness (QED) is 0.316. The number of carbonyl (C=O) groups excluding carboxylic acids is 1. The lowest BCUT2D eigenvalue weighted by Crippen LogP contribution is -2.56. The SMILES string of the molecule is COc1ccc(C(=O)N[C@H](NC(=S)Nc2cccc(O)c2)C(Cl)(Cl)Cl)cc1. The van der Waals surface area contributed by atoms with Gasteiger partial charge in [0, 0.05) is 17.3 Å². The van der Waals surface area contributed by atoms with E-state index in [1.54, 1.807) is 36.4 Å². The van der Waals surface area contributed by atoms with Gasteiger partial charge < -0.3 is 25.8 Å². The summed E-state index contributed by atoms with van der Waals surface area (Å²) in [6, 6.07) is 12.7. The number of rotatable bonds is 5. The highest BCUT2D eigenvalue weighted by molar-refractivity contribution is 7.80. The number of halogens is 3. The molecule has 6 nitrogen and oxygen atoms in total. The van der Waals surface area contributed by atoms with Crippen LogP contribution in [0.25, 0.3) is 0 Å². The first-order valence-corrected chi connectivity index (χ1v) is 9.11. The molecule has 0 saturated heterocycles. The van der Waals surface area contributed by atoms with E-state index in [2.05, 4.69) is 16.0 Å². The second-order valence-corrected chi connectivity index (χ2v) is 8.10.